The highest BCUT2D eigenvalue weighted by Gasteiger charge is 2.09. The fraction of sp³-hybridized carbons (Fsp3) is 0.0556. The molecule has 7 nitrogen and oxygen atoms in total. The highest BCUT2D eigenvalue weighted by atomic mass is 32.1. The molecule has 0 unspecified atom stereocenters. The quantitative estimate of drug-likeness (QED) is 0.602. The lowest BCUT2D eigenvalue weighted by Gasteiger charge is -2.06. The number of nitrogens with one attached hydrogen (secondary N) is 1. The molecular formula is C18H13N5O2S. The summed E-state index contributed by atoms with van der Waals surface area (Å²) in [5.74, 6) is -0.228. The second-order valence-corrected chi connectivity index (χ2v) is 6.45. The van der Waals surface area contributed by atoms with Gasteiger partial charge in [0.05, 0.1) is 11.9 Å². The predicted octanol–water partition coefficient (Wildman–Crippen LogP) is 2.55. The number of aromatic nitrogens is 4. The number of anilines is 1. The zero-order valence-electron chi connectivity index (χ0n) is 13.5. The maximum Gasteiger partial charge on any atom is 0.277 e. The molecule has 0 aliphatic heterocycles. The lowest BCUT2D eigenvalue weighted by molar-refractivity contribution is 0.102. The maximum absolute atomic E-state index is 12.5. The molecule has 0 fully saturated rings. The number of benzene rings is 2. The number of carbonyl (C=O) groups is 1. The van der Waals surface area contributed by atoms with Crippen LogP contribution in [0.25, 0.3) is 10.9 Å². The van der Waals surface area contributed by atoms with Crippen molar-refractivity contribution < 1.29 is 4.79 Å². The van der Waals surface area contributed by atoms with Crippen LogP contribution in [0.4, 0.5) is 5.13 Å². The fourth-order valence-electron chi connectivity index (χ4n) is 2.52. The van der Waals surface area contributed by atoms with Crippen LogP contribution in [0.15, 0.2) is 64.9 Å². The molecule has 2 aromatic carbocycles. The van der Waals surface area contributed by atoms with Gasteiger partial charge in [0.1, 0.15) is 5.52 Å². The molecule has 0 saturated heterocycles. The van der Waals surface area contributed by atoms with Crippen molar-refractivity contribution in [2.75, 3.05) is 5.32 Å². The molecule has 0 bridgehead atoms. The molecule has 0 spiro atoms. The van der Waals surface area contributed by atoms with Crippen molar-refractivity contribution in [3.63, 3.8) is 0 Å². The monoisotopic (exact) mass is 363 g/mol. The van der Waals surface area contributed by atoms with Gasteiger partial charge in [-0.2, -0.15) is 0 Å². The van der Waals surface area contributed by atoms with E-state index < -0.39 is 0 Å². The molecule has 1 N–H and O–H groups in total. The van der Waals surface area contributed by atoms with Crippen molar-refractivity contribution >= 4 is 33.3 Å². The molecule has 0 aliphatic carbocycles. The van der Waals surface area contributed by atoms with Gasteiger partial charge in [0.25, 0.3) is 11.5 Å². The molecule has 4 aromatic rings. The lowest BCUT2D eigenvalue weighted by atomic mass is 10.1. The summed E-state index contributed by atoms with van der Waals surface area (Å²) in [5, 5.41) is 13.6. The summed E-state index contributed by atoms with van der Waals surface area (Å²) in [5.41, 5.74) is 1.74. The van der Waals surface area contributed by atoms with E-state index in [2.05, 4.69) is 20.6 Å². The first-order valence-electron chi connectivity index (χ1n) is 7.83. The molecule has 0 saturated carbocycles. The summed E-state index contributed by atoms with van der Waals surface area (Å²) in [6.07, 6.45) is 1.63. The van der Waals surface area contributed by atoms with Crippen molar-refractivity contribution in [3.8, 4) is 0 Å². The Morgan fingerprint density at radius 3 is 2.69 bits per heavy atom. The van der Waals surface area contributed by atoms with E-state index in [0.717, 1.165) is 5.56 Å². The molecule has 0 atom stereocenters. The van der Waals surface area contributed by atoms with E-state index in [1.54, 1.807) is 54.0 Å². The molecule has 26 heavy (non-hydrogen) atoms. The van der Waals surface area contributed by atoms with Crippen LogP contribution in [0.1, 0.15) is 15.9 Å². The molecule has 128 valence electrons. The van der Waals surface area contributed by atoms with Crippen LogP contribution in [-0.2, 0) is 6.54 Å². The number of hydrogen-bond donors (Lipinski definition) is 1. The Kier molecular flexibility index (Phi) is 4.24. The van der Waals surface area contributed by atoms with Gasteiger partial charge in [-0.25, -0.2) is 9.67 Å². The van der Waals surface area contributed by atoms with Crippen LogP contribution in [-0.4, -0.2) is 25.9 Å². The van der Waals surface area contributed by atoms with Crippen LogP contribution in [0.3, 0.4) is 0 Å². The summed E-state index contributed by atoms with van der Waals surface area (Å²) in [6, 6.07) is 14.1. The van der Waals surface area contributed by atoms with E-state index in [1.807, 2.05) is 6.07 Å². The number of fused-ring (bicyclic) bond motifs is 1. The lowest BCUT2D eigenvalue weighted by Crippen LogP contribution is -2.24. The molecule has 0 aliphatic rings. The largest absolute Gasteiger partial charge is 0.298 e. The first kappa shape index (κ1) is 16.1. The standard InChI is InChI=1S/C18H13N5O2S/c24-16(20-18-19-9-10-26-18)13-7-5-12(6-8-13)11-23-17(25)14-3-1-2-4-15(14)21-22-23/h1-10H,11H2,(H,19,20,24). The van der Waals surface area contributed by atoms with Crippen molar-refractivity contribution in [3.05, 3.63) is 81.6 Å². The summed E-state index contributed by atoms with van der Waals surface area (Å²) >= 11 is 1.36. The van der Waals surface area contributed by atoms with Gasteiger partial charge in [-0.05, 0) is 29.8 Å². The van der Waals surface area contributed by atoms with Crippen LogP contribution in [0.2, 0.25) is 0 Å². The first-order chi connectivity index (χ1) is 12.7. The minimum absolute atomic E-state index is 0.193. The fourth-order valence-corrected chi connectivity index (χ4v) is 3.04. The van der Waals surface area contributed by atoms with Crippen LogP contribution in [0.5, 0.6) is 0 Å². The van der Waals surface area contributed by atoms with Gasteiger partial charge in [-0.15, -0.1) is 16.4 Å². The minimum Gasteiger partial charge on any atom is -0.298 e. The first-order valence-corrected chi connectivity index (χ1v) is 8.71. The van der Waals surface area contributed by atoms with Gasteiger partial charge in [0, 0.05) is 17.1 Å². The summed E-state index contributed by atoms with van der Waals surface area (Å²) < 4.78 is 1.31. The van der Waals surface area contributed by atoms with Crippen LogP contribution < -0.4 is 10.9 Å². The number of thiazole rings is 1. The van der Waals surface area contributed by atoms with E-state index in [4.69, 9.17) is 0 Å². The Balaban J connectivity index is 1.53. The van der Waals surface area contributed by atoms with Gasteiger partial charge < -0.3 is 0 Å². The van der Waals surface area contributed by atoms with E-state index in [1.165, 1.54) is 16.0 Å². The van der Waals surface area contributed by atoms with E-state index >= 15 is 0 Å². The smallest absolute Gasteiger partial charge is 0.277 e. The van der Waals surface area contributed by atoms with Gasteiger partial charge in [-0.1, -0.05) is 29.5 Å². The molecule has 2 aromatic heterocycles. The highest BCUT2D eigenvalue weighted by molar-refractivity contribution is 7.13. The molecule has 4 rings (SSSR count). The van der Waals surface area contributed by atoms with Crippen LogP contribution >= 0.6 is 11.3 Å². The van der Waals surface area contributed by atoms with E-state index in [0.29, 0.717) is 21.6 Å². The van der Waals surface area contributed by atoms with Crippen molar-refractivity contribution in [1.29, 1.82) is 0 Å². The zero-order valence-corrected chi connectivity index (χ0v) is 14.3. The number of rotatable bonds is 4. The molecule has 2 heterocycles. The Morgan fingerprint density at radius 1 is 1.12 bits per heavy atom. The van der Waals surface area contributed by atoms with Gasteiger partial charge >= 0.3 is 0 Å². The zero-order chi connectivity index (χ0) is 17.9. The third-order valence-electron chi connectivity index (χ3n) is 3.83. The molecule has 1 amide bonds. The van der Waals surface area contributed by atoms with Gasteiger partial charge in [0.2, 0.25) is 0 Å². The van der Waals surface area contributed by atoms with Crippen molar-refractivity contribution in [2.24, 2.45) is 0 Å². The van der Waals surface area contributed by atoms with E-state index in [-0.39, 0.29) is 18.0 Å². The average molecular weight is 363 g/mol. The maximum atomic E-state index is 12.5. The molecule has 8 heteroatoms. The SMILES string of the molecule is O=C(Nc1nccs1)c1ccc(Cn2nnc3ccccc3c2=O)cc1. The van der Waals surface area contributed by atoms with Gasteiger partial charge in [0.15, 0.2) is 5.13 Å². The third-order valence-corrected chi connectivity index (χ3v) is 4.52. The average Bonchev–Trinajstić information content (AvgIpc) is 3.18. The number of amides is 1. The highest BCUT2D eigenvalue weighted by Crippen LogP contribution is 2.13. The molecular weight excluding hydrogens is 350 g/mol. The second-order valence-electron chi connectivity index (χ2n) is 5.56. The van der Waals surface area contributed by atoms with Crippen molar-refractivity contribution in [2.45, 2.75) is 6.54 Å². The Hall–Kier alpha value is -3.39. The summed E-state index contributed by atoms with van der Waals surface area (Å²) in [6.45, 7) is 0.283. The van der Waals surface area contributed by atoms with Crippen LogP contribution in [0, 0.1) is 0 Å². The minimum atomic E-state index is -0.228. The van der Waals surface area contributed by atoms with E-state index in [9.17, 15) is 9.59 Å². The van der Waals surface area contributed by atoms with Crippen molar-refractivity contribution in [1.82, 2.24) is 20.0 Å². The number of carbonyl (C=O) groups excluding carboxylic acids is 1. The summed E-state index contributed by atoms with van der Waals surface area (Å²) in [7, 11) is 0. The second kappa shape index (κ2) is 6.85. The Morgan fingerprint density at radius 2 is 1.92 bits per heavy atom. The third kappa shape index (κ3) is 3.22. The molecule has 0 radical (unpaired) electrons. The predicted molar refractivity (Wildman–Crippen MR) is 99.4 cm³/mol. The normalized spacial score (nSPS) is 10.8. The van der Waals surface area contributed by atoms with Gasteiger partial charge in [-0.3, -0.25) is 14.9 Å². The summed E-state index contributed by atoms with van der Waals surface area (Å²) in [4.78, 5) is 28.7. The number of hydrogen-bond acceptors (Lipinski definition) is 6. The topological polar surface area (TPSA) is 89.8 Å². The number of nitrogens with zero attached hydrogens (tertiary/aromatic N) is 4. The Bertz CT molecular complexity index is 1120. The Labute approximate surface area is 151 Å².